The molecular weight excluding hydrogens is 216 g/mol. The van der Waals surface area contributed by atoms with Gasteiger partial charge in [0.2, 0.25) is 0 Å². The van der Waals surface area contributed by atoms with Gasteiger partial charge in [-0.2, -0.15) is 5.11 Å². The lowest BCUT2D eigenvalue weighted by Gasteiger charge is -2.10. The predicted molar refractivity (Wildman–Crippen MR) is 63.6 cm³/mol. The van der Waals surface area contributed by atoms with Crippen molar-refractivity contribution < 1.29 is 9.90 Å². The summed E-state index contributed by atoms with van der Waals surface area (Å²) in [5.74, 6) is -1.06. The summed E-state index contributed by atoms with van der Waals surface area (Å²) in [4.78, 5) is 10.4. The minimum Gasteiger partial charge on any atom is -0.478 e. The van der Waals surface area contributed by atoms with Crippen LogP contribution in [-0.4, -0.2) is 11.1 Å². The molecule has 0 aliphatic heterocycles. The van der Waals surface area contributed by atoms with Crippen molar-refractivity contribution >= 4 is 11.7 Å². The molecule has 4 heteroatoms. The maximum atomic E-state index is 10.4. The van der Waals surface area contributed by atoms with Crippen molar-refractivity contribution in [1.29, 1.82) is 5.53 Å². The lowest BCUT2D eigenvalue weighted by molar-refractivity contribution is 0.0697. The predicted octanol–water partition coefficient (Wildman–Crippen LogP) is 3.71. The Kier molecular flexibility index (Phi) is 2.96. The Morgan fingerprint density at radius 2 is 1.53 bits per heavy atom. The Hall–Kier alpha value is -2.49. The van der Waals surface area contributed by atoms with Crippen LogP contribution < -0.4 is 0 Å². The van der Waals surface area contributed by atoms with E-state index < -0.39 is 5.97 Å². The summed E-state index contributed by atoms with van der Waals surface area (Å²) in [7, 11) is 0. The summed E-state index contributed by atoms with van der Waals surface area (Å²) in [5.41, 5.74) is 9.73. The molecule has 1 aromatic rings. The van der Waals surface area contributed by atoms with E-state index in [4.69, 9.17) is 10.6 Å². The normalized spacial score (nSPS) is 9.88. The average Bonchev–Trinajstić information content (AvgIpc) is 2.34. The van der Waals surface area contributed by atoms with Gasteiger partial charge >= 0.3 is 5.97 Å². The lowest BCUT2D eigenvalue weighted by Crippen LogP contribution is -1.95. The number of fused-ring (bicyclic) bond motifs is 1. The smallest absolute Gasteiger partial charge is 0.337 e. The molecule has 2 aliphatic rings. The first-order valence-corrected chi connectivity index (χ1v) is 5.02. The molecule has 4 nitrogen and oxygen atoms in total. The monoisotopic (exact) mass is 226 g/mol. The van der Waals surface area contributed by atoms with Crippen LogP contribution in [0.1, 0.15) is 10.4 Å². The SMILES string of the molecule is N=Nc1ccccc1C(=O)O.c1cc2ccc1-2. The summed E-state index contributed by atoms with van der Waals surface area (Å²) >= 11 is 0. The van der Waals surface area contributed by atoms with Gasteiger partial charge in [0.15, 0.2) is 0 Å². The molecule has 0 spiro atoms. The Balaban J connectivity index is 0.000000148. The second-order valence-corrected chi connectivity index (χ2v) is 3.51. The quantitative estimate of drug-likeness (QED) is 0.653. The van der Waals surface area contributed by atoms with Gasteiger partial charge in [-0.3, -0.25) is 0 Å². The van der Waals surface area contributed by atoms with E-state index >= 15 is 0 Å². The average molecular weight is 226 g/mol. The maximum absolute atomic E-state index is 10.4. The van der Waals surface area contributed by atoms with Crippen LogP contribution in [0.2, 0.25) is 0 Å². The third-order valence-electron chi connectivity index (χ3n) is 2.47. The van der Waals surface area contributed by atoms with Crippen LogP contribution >= 0.6 is 0 Å². The highest BCUT2D eigenvalue weighted by molar-refractivity contribution is 5.93. The first-order chi connectivity index (χ1) is 8.22. The highest BCUT2D eigenvalue weighted by Gasteiger charge is 2.06. The van der Waals surface area contributed by atoms with E-state index in [0.29, 0.717) is 0 Å². The van der Waals surface area contributed by atoms with Gasteiger partial charge in [0, 0.05) is 0 Å². The number of nitrogens with one attached hydrogen (secondary N) is 1. The molecule has 17 heavy (non-hydrogen) atoms. The molecule has 0 radical (unpaired) electrons. The zero-order valence-corrected chi connectivity index (χ0v) is 8.92. The van der Waals surface area contributed by atoms with Gasteiger partial charge in [0.05, 0.1) is 11.3 Å². The second kappa shape index (κ2) is 4.57. The van der Waals surface area contributed by atoms with Gasteiger partial charge in [0.25, 0.3) is 0 Å². The number of nitrogens with zero attached hydrogens (tertiary/aromatic N) is 1. The van der Waals surface area contributed by atoms with E-state index in [1.165, 1.54) is 23.3 Å². The standard InChI is InChI=1S/C7H6N2O2.C6H4/c8-9-6-4-2-1-3-5(6)7(10)11;1-2-6-4-3-5(1)6/h1-4,8H,(H,10,11);1-4H. The summed E-state index contributed by atoms with van der Waals surface area (Å²) < 4.78 is 0. The van der Waals surface area contributed by atoms with Crippen molar-refractivity contribution in [2.75, 3.05) is 0 Å². The first-order valence-electron chi connectivity index (χ1n) is 5.02. The summed E-state index contributed by atoms with van der Waals surface area (Å²) in [5, 5.41) is 11.6. The van der Waals surface area contributed by atoms with Crippen molar-refractivity contribution in [1.82, 2.24) is 0 Å². The first kappa shape index (κ1) is 11.0. The van der Waals surface area contributed by atoms with Gasteiger partial charge in [-0.15, -0.1) is 0 Å². The number of carboxylic acids is 1. The molecule has 0 saturated carbocycles. The number of carboxylic acid groups (broad SMARTS) is 1. The van der Waals surface area contributed by atoms with E-state index in [2.05, 4.69) is 29.4 Å². The van der Waals surface area contributed by atoms with E-state index in [1.54, 1.807) is 12.1 Å². The highest BCUT2D eigenvalue weighted by Crippen LogP contribution is 2.29. The molecule has 1 aromatic carbocycles. The molecule has 0 fully saturated rings. The maximum Gasteiger partial charge on any atom is 0.337 e. The lowest BCUT2D eigenvalue weighted by atomic mass is 9.95. The third kappa shape index (κ3) is 2.20. The van der Waals surface area contributed by atoms with Crippen LogP contribution in [0.3, 0.4) is 0 Å². The summed E-state index contributed by atoms with van der Waals surface area (Å²) in [6.45, 7) is 0. The number of hydrogen-bond donors (Lipinski definition) is 2. The van der Waals surface area contributed by atoms with Crippen LogP contribution in [0.4, 0.5) is 5.69 Å². The molecule has 0 saturated heterocycles. The number of carbonyl (C=O) groups is 1. The van der Waals surface area contributed by atoms with Crippen molar-refractivity contribution in [3.05, 3.63) is 54.1 Å². The van der Waals surface area contributed by atoms with E-state index in [-0.39, 0.29) is 11.3 Å². The topological polar surface area (TPSA) is 73.5 Å². The van der Waals surface area contributed by atoms with E-state index in [1.807, 2.05) is 0 Å². The molecule has 2 aliphatic carbocycles. The third-order valence-corrected chi connectivity index (χ3v) is 2.47. The van der Waals surface area contributed by atoms with Crippen LogP contribution in [-0.2, 0) is 0 Å². The number of aromatic carboxylic acids is 1. The second-order valence-electron chi connectivity index (χ2n) is 3.51. The molecule has 0 unspecified atom stereocenters. The summed E-state index contributed by atoms with van der Waals surface area (Å²) in [6, 6.07) is 14.6. The van der Waals surface area contributed by atoms with Crippen molar-refractivity contribution in [2.45, 2.75) is 0 Å². The Labute approximate surface area is 98.0 Å². The fourth-order valence-corrected chi connectivity index (χ4v) is 1.41. The Morgan fingerprint density at radius 3 is 1.82 bits per heavy atom. The number of rotatable bonds is 2. The van der Waals surface area contributed by atoms with E-state index in [9.17, 15) is 4.79 Å². The zero-order chi connectivity index (χ0) is 12.3. The zero-order valence-electron chi connectivity index (χ0n) is 8.92. The molecule has 0 aromatic heterocycles. The van der Waals surface area contributed by atoms with E-state index in [0.717, 1.165) is 0 Å². The van der Waals surface area contributed by atoms with Crippen LogP contribution in [0.25, 0.3) is 11.1 Å². The Bertz CT molecular complexity index is 541. The fraction of sp³-hybridized carbons (Fsp3) is 0. The van der Waals surface area contributed by atoms with Crippen molar-refractivity contribution in [3.63, 3.8) is 0 Å². The molecule has 0 heterocycles. The number of para-hydroxylation sites is 1. The van der Waals surface area contributed by atoms with Gasteiger partial charge in [-0.1, -0.05) is 36.4 Å². The van der Waals surface area contributed by atoms with Crippen LogP contribution in [0.5, 0.6) is 0 Å². The molecule has 84 valence electrons. The molecule has 0 atom stereocenters. The van der Waals surface area contributed by atoms with Gasteiger partial charge < -0.3 is 5.11 Å². The van der Waals surface area contributed by atoms with Crippen LogP contribution in [0.15, 0.2) is 53.6 Å². The van der Waals surface area contributed by atoms with Gasteiger partial charge in [-0.05, 0) is 23.3 Å². The number of hydrogen-bond acceptors (Lipinski definition) is 3. The van der Waals surface area contributed by atoms with Crippen molar-refractivity contribution in [3.8, 4) is 11.1 Å². The minimum atomic E-state index is -1.06. The number of benzene rings is 2. The van der Waals surface area contributed by atoms with Crippen LogP contribution in [0, 0.1) is 5.53 Å². The molecule has 2 N–H and O–H groups in total. The largest absolute Gasteiger partial charge is 0.478 e. The molecule has 0 amide bonds. The molecule has 0 bridgehead atoms. The van der Waals surface area contributed by atoms with Gasteiger partial charge in [-0.25, -0.2) is 10.3 Å². The molecular formula is C13H10N2O2. The summed E-state index contributed by atoms with van der Waals surface area (Å²) in [6.07, 6.45) is 0. The minimum absolute atomic E-state index is 0.0579. The molecule has 3 rings (SSSR count). The fourth-order valence-electron chi connectivity index (χ4n) is 1.41. The van der Waals surface area contributed by atoms with Gasteiger partial charge in [0.1, 0.15) is 0 Å². The highest BCUT2D eigenvalue weighted by atomic mass is 16.4. The van der Waals surface area contributed by atoms with Crippen molar-refractivity contribution in [2.24, 2.45) is 5.11 Å². The Morgan fingerprint density at radius 1 is 1.00 bits per heavy atom.